The number of nitrogens with zero attached hydrogens (tertiary/aromatic N) is 1. The van der Waals surface area contributed by atoms with E-state index in [2.05, 4.69) is 15.5 Å². The van der Waals surface area contributed by atoms with Crippen LogP contribution in [0.2, 0.25) is 0 Å². The Labute approximate surface area is 170 Å². The lowest BCUT2D eigenvalue weighted by Crippen LogP contribution is -2.45. The van der Waals surface area contributed by atoms with Gasteiger partial charge in [-0.3, -0.25) is 14.4 Å². The van der Waals surface area contributed by atoms with Gasteiger partial charge in [-0.15, -0.1) is 13.2 Å². The number of amides is 2. The van der Waals surface area contributed by atoms with Gasteiger partial charge in [-0.25, -0.2) is 13.9 Å². The van der Waals surface area contributed by atoms with E-state index in [1.807, 2.05) is 0 Å². The fourth-order valence-corrected chi connectivity index (χ4v) is 4.28. The number of nitrogens with one attached hydrogen (secondary N) is 2. The van der Waals surface area contributed by atoms with E-state index in [9.17, 15) is 31.2 Å². The minimum atomic E-state index is -4.86. The van der Waals surface area contributed by atoms with Crippen molar-refractivity contribution in [3.63, 3.8) is 0 Å². The number of alkyl halides is 3. The molecule has 0 aromatic heterocycles. The molecule has 1 saturated carbocycles. The molecular formula is C17H20F3N3O6S. The van der Waals surface area contributed by atoms with Gasteiger partial charge in [0, 0.05) is 19.1 Å². The Morgan fingerprint density at radius 3 is 2.13 bits per heavy atom. The van der Waals surface area contributed by atoms with Gasteiger partial charge >= 0.3 is 18.2 Å². The summed E-state index contributed by atoms with van der Waals surface area (Å²) in [5.41, 5.74) is 2.07. The van der Waals surface area contributed by atoms with Crippen molar-refractivity contribution in [2.75, 3.05) is 13.1 Å². The number of sulfonamides is 1. The quantitative estimate of drug-likeness (QED) is 0.494. The molecule has 1 saturated heterocycles. The van der Waals surface area contributed by atoms with Crippen LogP contribution in [0.1, 0.15) is 25.7 Å². The summed E-state index contributed by atoms with van der Waals surface area (Å²) in [7, 11) is -3.91. The Kier molecular flexibility index (Phi) is 6.53. The predicted octanol–water partition coefficient (Wildman–Crippen LogP) is 1.06. The molecule has 9 nitrogen and oxygen atoms in total. The average Bonchev–Trinajstić information content (AvgIpc) is 3.49. The Balaban J connectivity index is 1.48. The zero-order chi connectivity index (χ0) is 21.9. The fourth-order valence-electron chi connectivity index (χ4n) is 2.81. The van der Waals surface area contributed by atoms with E-state index < -0.39 is 40.1 Å². The number of carbonyl (C=O) groups excluding carboxylic acids is 2. The van der Waals surface area contributed by atoms with E-state index >= 15 is 0 Å². The van der Waals surface area contributed by atoms with Gasteiger partial charge in [0.15, 0.2) is 0 Å². The fraction of sp³-hybridized carbons (Fsp3) is 0.529. The number of carbonyl (C=O) groups is 2. The Morgan fingerprint density at radius 2 is 1.60 bits per heavy atom. The van der Waals surface area contributed by atoms with Crippen molar-refractivity contribution in [3.05, 3.63) is 24.3 Å². The van der Waals surface area contributed by atoms with Crippen LogP contribution in [0.4, 0.5) is 13.2 Å². The second kappa shape index (κ2) is 8.78. The molecule has 30 heavy (non-hydrogen) atoms. The summed E-state index contributed by atoms with van der Waals surface area (Å²) in [6.45, 7) is 0.163. The molecule has 13 heteroatoms. The van der Waals surface area contributed by atoms with E-state index in [0.29, 0.717) is 0 Å². The first-order valence-electron chi connectivity index (χ1n) is 9.17. The largest absolute Gasteiger partial charge is 0.573 e. The Morgan fingerprint density at radius 1 is 1.00 bits per heavy atom. The highest BCUT2D eigenvalue weighted by atomic mass is 32.2. The molecular weight excluding hydrogens is 431 g/mol. The lowest BCUT2D eigenvalue weighted by molar-refractivity contribution is -0.274. The highest BCUT2D eigenvalue weighted by Gasteiger charge is 2.33. The topological polar surface area (TPSA) is 114 Å². The molecule has 2 N–H and O–H groups in total. The lowest BCUT2D eigenvalue weighted by atomic mass is 10.1. The van der Waals surface area contributed by atoms with Gasteiger partial charge in [0.05, 0.1) is 11.0 Å². The van der Waals surface area contributed by atoms with Crippen molar-refractivity contribution < 1.29 is 40.8 Å². The number of hydroxylamine groups is 1. The molecule has 0 radical (unpaired) electrons. The summed E-state index contributed by atoms with van der Waals surface area (Å²) >= 11 is 0. The van der Waals surface area contributed by atoms with Crippen molar-refractivity contribution in [1.29, 1.82) is 0 Å². The van der Waals surface area contributed by atoms with Crippen molar-refractivity contribution in [1.82, 2.24) is 15.1 Å². The lowest BCUT2D eigenvalue weighted by Gasteiger charge is -2.30. The summed E-state index contributed by atoms with van der Waals surface area (Å²) in [6.07, 6.45) is -3.14. The van der Waals surface area contributed by atoms with Crippen LogP contribution in [0, 0.1) is 0 Å². The molecule has 2 fully saturated rings. The summed E-state index contributed by atoms with van der Waals surface area (Å²) in [5, 5.41) is 2.51. The maximum absolute atomic E-state index is 12.7. The maximum Gasteiger partial charge on any atom is 0.573 e. The van der Waals surface area contributed by atoms with Gasteiger partial charge in [0.25, 0.3) is 0 Å². The first-order valence-corrected chi connectivity index (χ1v) is 10.6. The van der Waals surface area contributed by atoms with Crippen LogP contribution in [0.3, 0.4) is 0 Å². The second-order valence-electron chi connectivity index (χ2n) is 6.92. The molecule has 1 aromatic rings. The van der Waals surface area contributed by atoms with E-state index in [4.69, 9.17) is 4.84 Å². The maximum atomic E-state index is 12.7. The molecule has 3 rings (SSSR count). The SMILES string of the molecule is O=C(NOC1CCN(S(=O)(=O)c2ccc(OC(F)(F)F)cc2)CC1)C(=O)NC1CC1. The molecule has 1 aromatic carbocycles. The van der Waals surface area contributed by atoms with Crippen LogP contribution in [0.15, 0.2) is 29.2 Å². The number of ether oxygens (including phenoxy) is 1. The Hall–Kier alpha value is -2.38. The monoisotopic (exact) mass is 451 g/mol. The number of halogens is 3. The van der Waals surface area contributed by atoms with Crippen LogP contribution in [-0.2, 0) is 24.4 Å². The third kappa shape index (κ3) is 6.06. The Bertz CT molecular complexity index is 879. The molecule has 2 aliphatic rings. The molecule has 0 atom stereocenters. The molecule has 0 bridgehead atoms. The van der Waals surface area contributed by atoms with Gasteiger partial charge in [-0.05, 0) is 49.9 Å². The summed E-state index contributed by atoms with van der Waals surface area (Å²) < 4.78 is 66.8. The van der Waals surface area contributed by atoms with Crippen LogP contribution >= 0.6 is 0 Å². The van der Waals surface area contributed by atoms with Gasteiger partial charge in [-0.2, -0.15) is 4.31 Å². The molecule has 166 valence electrons. The molecule has 2 amide bonds. The number of hydrogen-bond acceptors (Lipinski definition) is 6. The smallest absolute Gasteiger partial charge is 0.406 e. The molecule has 1 aliphatic heterocycles. The van der Waals surface area contributed by atoms with Gasteiger partial charge in [0.1, 0.15) is 5.75 Å². The summed E-state index contributed by atoms with van der Waals surface area (Å²) in [4.78, 5) is 28.2. The second-order valence-corrected chi connectivity index (χ2v) is 8.86. The third-order valence-corrected chi connectivity index (χ3v) is 6.45. The number of piperidine rings is 1. The van der Waals surface area contributed by atoms with Gasteiger partial charge < -0.3 is 10.1 Å². The summed E-state index contributed by atoms with van der Waals surface area (Å²) in [5.74, 6) is -2.22. The number of benzene rings is 1. The number of rotatable bonds is 6. The first kappa shape index (κ1) is 22.3. The molecule has 0 spiro atoms. The summed E-state index contributed by atoms with van der Waals surface area (Å²) in [6, 6.07) is 3.97. The minimum absolute atomic E-state index is 0.0331. The molecule has 1 heterocycles. The van der Waals surface area contributed by atoms with E-state index in [-0.39, 0.29) is 36.9 Å². The number of hydrogen-bond donors (Lipinski definition) is 2. The van der Waals surface area contributed by atoms with E-state index in [1.165, 1.54) is 4.31 Å². The van der Waals surface area contributed by atoms with Crippen LogP contribution in [0.5, 0.6) is 5.75 Å². The highest BCUT2D eigenvalue weighted by Crippen LogP contribution is 2.26. The van der Waals surface area contributed by atoms with Gasteiger partial charge in [-0.1, -0.05) is 0 Å². The van der Waals surface area contributed by atoms with Crippen LogP contribution in [0.25, 0.3) is 0 Å². The third-order valence-electron chi connectivity index (χ3n) is 4.53. The van der Waals surface area contributed by atoms with E-state index in [0.717, 1.165) is 37.1 Å². The van der Waals surface area contributed by atoms with Crippen molar-refractivity contribution in [2.24, 2.45) is 0 Å². The highest BCUT2D eigenvalue weighted by molar-refractivity contribution is 7.89. The molecule has 0 unspecified atom stereocenters. The normalized spacial score (nSPS) is 18.6. The van der Waals surface area contributed by atoms with Gasteiger partial charge in [0.2, 0.25) is 10.0 Å². The minimum Gasteiger partial charge on any atom is -0.406 e. The van der Waals surface area contributed by atoms with Crippen molar-refractivity contribution in [3.8, 4) is 5.75 Å². The zero-order valence-corrected chi connectivity index (χ0v) is 16.5. The average molecular weight is 451 g/mol. The van der Waals surface area contributed by atoms with E-state index in [1.54, 1.807) is 0 Å². The first-order chi connectivity index (χ1) is 14.0. The van der Waals surface area contributed by atoms with Crippen molar-refractivity contribution >= 4 is 21.8 Å². The van der Waals surface area contributed by atoms with Crippen LogP contribution in [-0.4, -0.2) is 56.1 Å². The zero-order valence-electron chi connectivity index (χ0n) is 15.6. The predicted molar refractivity (Wildman–Crippen MR) is 95.3 cm³/mol. The molecule has 1 aliphatic carbocycles. The van der Waals surface area contributed by atoms with Crippen LogP contribution < -0.4 is 15.5 Å². The standard InChI is InChI=1S/C17H20F3N3O6S/c18-17(19,20)28-12-3-5-14(6-4-12)30(26,27)23-9-7-13(8-10-23)29-22-16(25)15(24)21-11-1-2-11/h3-6,11,13H,1-2,7-10H2,(H,21,24)(H,22,25). The van der Waals surface area contributed by atoms with Crippen molar-refractivity contribution in [2.45, 2.75) is 49.1 Å².